The van der Waals surface area contributed by atoms with Gasteiger partial charge in [0.15, 0.2) is 0 Å². The predicted molar refractivity (Wildman–Crippen MR) is 29.2 cm³/mol. The Morgan fingerprint density at radius 1 is 0.667 bits per heavy atom. The molecule has 0 saturated carbocycles. The van der Waals surface area contributed by atoms with Crippen molar-refractivity contribution in [3.8, 4) is 0 Å². The molecule has 0 aromatic carbocycles. The van der Waals surface area contributed by atoms with E-state index in [9.17, 15) is 0 Å². The molecule has 0 aliphatic heterocycles. The second-order valence-electron chi connectivity index (χ2n) is 1.03. The van der Waals surface area contributed by atoms with Crippen LogP contribution in [0.2, 0.25) is 0 Å². The van der Waals surface area contributed by atoms with Gasteiger partial charge in [-0.05, 0) is 0 Å². The molecule has 0 fully saturated rings. The molecule has 0 unspecified atom stereocenters. The zero-order valence-corrected chi connectivity index (χ0v) is 8.44. The van der Waals surface area contributed by atoms with E-state index in [0.29, 0.717) is 0 Å². The molecule has 0 heterocycles. The van der Waals surface area contributed by atoms with Crippen LogP contribution >= 0.6 is 15.6 Å². The molecule has 0 saturated heterocycles. The molecular weight excluding hydrogens is 257 g/mol. The van der Waals surface area contributed by atoms with E-state index >= 15 is 0 Å². The van der Waals surface area contributed by atoms with Crippen molar-refractivity contribution in [2.24, 2.45) is 0 Å². The summed E-state index contributed by atoms with van der Waals surface area (Å²) >= 11 is 1.06. The Kier molecular flexibility index (Phi) is 12.6. The Labute approximate surface area is 75.7 Å². The third-order valence-corrected chi connectivity index (χ3v) is 0. The van der Waals surface area contributed by atoms with Crippen molar-refractivity contribution < 1.29 is 59.5 Å². The van der Waals surface area contributed by atoms with Gasteiger partial charge in [-0.1, -0.05) is 0 Å². The molecule has 0 aliphatic rings. The molecule has 0 aliphatic carbocycles. The number of phosphoric acid groups is 2. The molecule has 9 nitrogen and oxygen atoms in total. The fraction of sp³-hybridized carbons (Fsp3) is 0. The predicted octanol–water partition coefficient (Wildman–Crippen LogP) is -1.98. The first-order valence-corrected chi connectivity index (χ1v) is 5.45. The van der Waals surface area contributed by atoms with Crippen LogP contribution in [0, 0.1) is 0 Å². The van der Waals surface area contributed by atoms with E-state index in [2.05, 4.69) is 0 Å². The van der Waals surface area contributed by atoms with Crippen molar-refractivity contribution >= 4 is 15.6 Å². The minimum absolute atomic E-state index is 1.06. The fourth-order valence-electron chi connectivity index (χ4n) is 0. The van der Waals surface area contributed by atoms with Crippen LogP contribution in [0.15, 0.2) is 0 Å². The van der Waals surface area contributed by atoms with E-state index in [0.717, 1.165) is 17.4 Å². The fourth-order valence-corrected chi connectivity index (χ4v) is 0. The van der Waals surface area contributed by atoms with Crippen molar-refractivity contribution in [1.82, 2.24) is 0 Å². The van der Waals surface area contributed by atoms with Gasteiger partial charge in [-0.3, -0.25) is 0 Å². The van der Waals surface area contributed by atoms with E-state index in [1.165, 1.54) is 0 Å². The summed E-state index contributed by atoms with van der Waals surface area (Å²) in [4.78, 5) is 43.1. The van der Waals surface area contributed by atoms with Gasteiger partial charge in [-0.25, -0.2) is 9.13 Å². The quantitative estimate of drug-likeness (QED) is 0.270. The molecule has 75 valence electrons. The summed E-state index contributed by atoms with van der Waals surface area (Å²) in [7, 11) is -9.28. The van der Waals surface area contributed by atoms with Crippen LogP contribution in [0.1, 0.15) is 0 Å². The van der Waals surface area contributed by atoms with E-state index in [4.69, 9.17) is 42.2 Å². The molecule has 6 N–H and O–H groups in total. The van der Waals surface area contributed by atoms with Gasteiger partial charge in [0.05, 0.1) is 0 Å². The SMILES string of the molecule is O=P(O)(O)O.O=P(O)(O)O.[O]=[V]. The molecule has 0 atom stereocenters. The Bertz CT molecular complexity index is 136. The van der Waals surface area contributed by atoms with E-state index < -0.39 is 15.6 Å². The summed E-state index contributed by atoms with van der Waals surface area (Å²) in [6.07, 6.45) is 0. The third-order valence-electron chi connectivity index (χ3n) is 0. The van der Waals surface area contributed by atoms with Crippen LogP contribution in [-0.2, 0) is 30.2 Å². The summed E-state index contributed by atoms with van der Waals surface area (Å²) in [5.74, 6) is 0. The second kappa shape index (κ2) is 8.21. The van der Waals surface area contributed by atoms with Crippen LogP contribution < -0.4 is 0 Å². The molecular formula is H6O9P2V. The van der Waals surface area contributed by atoms with Crippen LogP contribution in [0.3, 0.4) is 0 Å². The Hall–Kier alpha value is 0.604. The third kappa shape index (κ3) is 2680. The van der Waals surface area contributed by atoms with Gasteiger partial charge in [-0.2, -0.15) is 0 Å². The van der Waals surface area contributed by atoms with E-state index in [1.54, 1.807) is 0 Å². The molecule has 12 heteroatoms. The Balaban J connectivity index is -0.000000112. The van der Waals surface area contributed by atoms with Crippen molar-refractivity contribution in [2.45, 2.75) is 0 Å². The average Bonchev–Trinajstić information content (AvgIpc) is 1.59. The van der Waals surface area contributed by atoms with Crippen molar-refractivity contribution in [3.05, 3.63) is 0 Å². The summed E-state index contributed by atoms with van der Waals surface area (Å²) < 4.78 is 26.0. The molecule has 0 spiro atoms. The average molecular weight is 263 g/mol. The number of hydrogen-bond donors (Lipinski definition) is 6. The Morgan fingerprint density at radius 2 is 0.667 bits per heavy atom. The molecule has 0 aromatic rings. The van der Waals surface area contributed by atoms with E-state index in [-0.39, 0.29) is 0 Å². The molecule has 0 radical (unpaired) electrons. The van der Waals surface area contributed by atoms with Crippen molar-refractivity contribution in [3.63, 3.8) is 0 Å². The first-order chi connectivity index (χ1) is 5.00. The summed E-state index contributed by atoms with van der Waals surface area (Å²) in [5.41, 5.74) is 0. The van der Waals surface area contributed by atoms with Gasteiger partial charge in [-0.15, -0.1) is 0 Å². The number of rotatable bonds is 0. The van der Waals surface area contributed by atoms with Gasteiger partial charge < -0.3 is 29.4 Å². The maximum atomic E-state index is 8.88. The van der Waals surface area contributed by atoms with Crippen LogP contribution in [0.25, 0.3) is 0 Å². The summed E-state index contributed by atoms with van der Waals surface area (Å²) in [6, 6.07) is 0. The second-order valence-corrected chi connectivity index (χ2v) is 3.08. The number of hydrogen-bond acceptors (Lipinski definition) is 3. The van der Waals surface area contributed by atoms with Gasteiger partial charge in [0, 0.05) is 0 Å². The first kappa shape index (κ1) is 18.4. The van der Waals surface area contributed by atoms with Gasteiger partial charge in [0.1, 0.15) is 0 Å². The zero-order chi connectivity index (χ0) is 11.0. The molecule has 12 heavy (non-hydrogen) atoms. The minimum atomic E-state index is -4.64. The molecule has 0 bridgehead atoms. The van der Waals surface area contributed by atoms with Gasteiger partial charge in [0.2, 0.25) is 0 Å². The summed E-state index contributed by atoms with van der Waals surface area (Å²) in [6.45, 7) is 0. The molecule has 0 rings (SSSR count). The molecule has 0 aromatic heterocycles. The topological polar surface area (TPSA) is 173 Å². The zero-order valence-electron chi connectivity index (χ0n) is 5.25. The van der Waals surface area contributed by atoms with Crippen LogP contribution in [0.5, 0.6) is 0 Å². The standard InChI is InChI=1S/2H3O4P.O.V/c2*1-5(2,3)4;;/h2*(H3,1,2,3,4);;. The van der Waals surface area contributed by atoms with Gasteiger partial charge >= 0.3 is 36.7 Å². The van der Waals surface area contributed by atoms with Crippen LogP contribution in [-0.4, -0.2) is 29.4 Å². The van der Waals surface area contributed by atoms with Crippen LogP contribution in [0.4, 0.5) is 0 Å². The molecule has 0 amide bonds. The van der Waals surface area contributed by atoms with E-state index in [1.807, 2.05) is 0 Å². The van der Waals surface area contributed by atoms with Crippen molar-refractivity contribution in [1.29, 1.82) is 0 Å². The Morgan fingerprint density at radius 3 is 0.667 bits per heavy atom. The van der Waals surface area contributed by atoms with Gasteiger partial charge in [0.25, 0.3) is 0 Å². The normalized spacial score (nSPS) is 10.1. The monoisotopic (exact) mass is 263 g/mol. The summed E-state index contributed by atoms with van der Waals surface area (Å²) in [5, 5.41) is 0. The first-order valence-electron chi connectivity index (χ1n) is 1.75. The maximum absolute atomic E-state index is 8.88. The van der Waals surface area contributed by atoms with Crippen molar-refractivity contribution in [2.75, 3.05) is 0 Å².